The van der Waals surface area contributed by atoms with Gasteiger partial charge in [-0.3, -0.25) is 0 Å². The Balaban J connectivity index is 2.48. The van der Waals surface area contributed by atoms with Gasteiger partial charge in [0.2, 0.25) is 0 Å². The molecule has 1 rings (SSSR count). The van der Waals surface area contributed by atoms with Crippen molar-refractivity contribution in [2.45, 2.75) is 33.1 Å². The zero-order valence-electron chi connectivity index (χ0n) is 8.27. The molecule has 0 unspecified atom stereocenters. The van der Waals surface area contributed by atoms with Gasteiger partial charge in [-0.1, -0.05) is 13.8 Å². The van der Waals surface area contributed by atoms with Crippen LogP contribution in [0.2, 0.25) is 0 Å². The molecule has 1 fully saturated rings. The summed E-state index contributed by atoms with van der Waals surface area (Å²) in [5.41, 5.74) is 0.187. The van der Waals surface area contributed by atoms with Gasteiger partial charge in [0.15, 0.2) is 0 Å². The third-order valence-electron chi connectivity index (χ3n) is 2.74. The van der Waals surface area contributed by atoms with Crippen molar-refractivity contribution >= 4 is 0 Å². The van der Waals surface area contributed by atoms with Crippen LogP contribution in [0.5, 0.6) is 0 Å². The fraction of sp³-hybridized carbons (Fsp3) is 1.00. The van der Waals surface area contributed by atoms with E-state index in [4.69, 9.17) is 0 Å². The molecule has 0 spiro atoms. The minimum Gasteiger partial charge on any atom is -0.396 e. The highest BCUT2D eigenvalue weighted by Crippen LogP contribution is 2.32. The Morgan fingerprint density at radius 2 is 2.25 bits per heavy atom. The number of hydrogen-bond acceptors (Lipinski definition) is 2. The second kappa shape index (κ2) is 4.24. The summed E-state index contributed by atoms with van der Waals surface area (Å²) in [6.45, 7) is 6.93. The van der Waals surface area contributed by atoms with Crippen molar-refractivity contribution in [3.8, 4) is 0 Å². The van der Waals surface area contributed by atoms with Crippen LogP contribution in [0, 0.1) is 11.3 Å². The van der Waals surface area contributed by atoms with Crippen LogP contribution < -0.4 is 5.32 Å². The standard InChI is InChI=1S/C10H21NO/c1-9(2)6-10(8-12)4-3-5-11-7-10/h9,11-12H,3-8H2,1-2H3/t10-/m0/s1. The van der Waals surface area contributed by atoms with Gasteiger partial charge >= 0.3 is 0 Å². The van der Waals surface area contributed by atoms with Crippen LogP contribution in [0.25, 0.3) is 0 Å². The minimum absolute atomic E-state index is 0.187. The van der Waals surface area contributed by atoms with Gasteiger partial charge in [-0.05, 0) is 31.7 Å². The highest BCUT2D eigenvalue weighted by molar-refractivity contribution is 4.85. The van der Waals surface area contributed by atoms with Gasteiger partial charge in [-0.25, -0.2) is 0 Å². The molecule has 2 heteroatoms. The number of aliphatic hydroxyl groups excluding tert-OH is 1. The van der Waals surface area contributed by atoms with Gasteiger partial charge in [0, 0.05) is 18.6 Å². The topological polar surface area (TPSA) is 32.3 Å². The quantitative estimate of drug-likeness (QED) is 0.672. The predicted octanol–water partition coefficient (Wildman–Crippen LogP) is 1.39. The Hall–Kier alpha value is -0.0800. The van der Waals surface area contributed by atoms with E-state index < -0.39 is 0 Å². The summed E-state index contributed by atoms with van der Waals surface area (Å²) in [7, 11) is 0. The van der Waals surface area contributed by atoms with Gasteiger partial charge in [0.05, 0.1) is 0 Å². The van der Waals surface area contributed by atoms with Crippen LogP contribution in [0.3, 0.4) is 0 Å². The normalized spacial score (nSPS) is 31.0. The Kier molecular flexibility index (Phi) is 3.53. The molecule has 1 saturated heterocycles. The summed E-state index contributed by atoms with van der Waals surface area (Å²) in [6.07, 6.45) is 3.55. The molecule has 0 aromatic carbocycles. The molecule has 1 aliphatic heterocycles. The molecule has 0 aromatic heterocycles. The lowest BCUT2D eigenvalue weighted by Gasteiger charge is -2.37. The summed E-state index contributed by atoms with van der Waals surface area (Å²) in [4.78, 5) is 0. The average Bonchev–Trinajstić information content (AvgIpc) is 2.05. The Labute approximate surface area is 75.4 Å². The maximum atomic E-state index is 9.35. The minimum atomic E-state index is 0.187. The molecule has 1 aliphatic rings. The fourth-order valence-electron chi connectivity index (χ4n) is 2.27. The summed E-state index contributed by atoms with van der Waals surface area (Å²) < 4.78 is 0. The maximum Gasteiger partial charge on any atom is 0.0499 e. The molecule has 1 atom stereocenters. The summed E-state index contributed by atoms with van der Waals surface area (Å²) in [6, 6.07) is 0. The number of piperidine rings is 1. The first-order valence-electron chi connectivity index (χ1n) is 5.00. The summed E-state index contributed by atoms with van der Waals surface area (Å²) >= 11 is 0. The van der Waals surface area contributed by atoms with Crippen LogP contribution in [0.15, 0.2) is 0 Å². The lowest BCUT2D eigenvalue weighted by molar-refractivity contribution is 0.0733. The first-order valence-corrected chi connectivity index (χ1v) is 5.00. The summed E-state index contributed by atoms with van der Waals surface area (Å²) in [5, 5.41) is 12.7. The van der Waals surface area contributed by atoms with Crippen LogP contribution >= 0.6 is 0 Å². The van der Waals surface area contributed by atoms with Crippen molar-refractivity contribution in [1.29, 1.82) is 0 Å². The average molecular weight is 171 g/mol. The van der Waals surface area contributed by atoms with Crippen molar-refractivity contribution in [2.75, 3.05) is 19.7 Å². The first kappa shape index (κ1) is 10.0. The van der Waals surface area contributed by atoms with Gasteiger partial charge in [-0.15, -0.1) is 0 Å². The van der Waals surface area contributed by atoms with Crippen molar-refractivity contribution in [3.63, 3.8) is 0 Å². The highest BCUT2D eigenvalue weighted by Gasteiger charge is 2.31. The molecule has 2 N–H and O–H groups in total. The molecule has 12 heavy (non-hydrogen) atoms. The number of aliphatic hydroxyl groups is 1. The zero-order valence-corrected chi connectivity index (χ0v) is 8.27. The van der Waals surface area contributed by atoms with Crippen molar-refractivity contribution < 1.29 is 5.11 Å². The third-order valence-corrected chi connectivity index (χ3v) is 2.74. The molecule has 72 valence electrons. The largest absolute Gasteiger partial charge is 0.396 e. The van der Waals surface area contributed by atoms with E-state index >= 15 is 0 Å². The molecule has 0 radical (unpaired) electrons. The smallest absolute Gasteiger partial charge is 0.0499 e. The van der Waals surface area contributed by atoms with E-state index in [2.05, 4.69) is 19.2 Å². The number of nitrogens with one attached hydrogen (secondary N) is 1. The van der Waals surface area contributed by atoms with Crippen molar-refractivity contribution in [2.24, 2.45) is 11.3 Å². The number of hydrogen-bond donors (Lipinski definition) is 2. The summed E-state index contributed by atoms with van der Waals surface area (Å²) in [5.74, 6) is 0.692. The van der Waals surface area contributed by atoms with Crippen LogP contribution in [0.4, 0.5) is 0 Å². The molecule has 0 aromatic rings. The Bertz CT molecular complexity index is 128. The molecular formula is C10H21NO. The molecule has 0 saturated carbocycles. The molecule has 2 nitrogen and oxygen atoms in total. The van der Waals surface area contributed by atoms with E-state index in [0.29, 0.717) is 12.5 Å². The third kappa shape index (κ3) is 2.46. The Morgan fingerprint density at radius 3 is 2.67 bits per heavy atom. The van der Waals surface area contributed by atoms with E-state index in [1.165, 1.54) is 12.8 Å². The van der Waals surface area contributed by atoms with Crippen LogP contribution in [-0.4, -0.2) is 24.8 Å². The molecule has 1 heterocycles. The SMILES string of the molecule is CC(C)C[C@@]1(CO)CCCNC1. The van der Waals surface area contributed by atoms with Crippen molar-refractivity contribution in [3.05, 3.63) is 0 Å². The molecule has 0 aliphatic carbocycles. The zero-order chi connectivity index (χ0) is 9.03. The number of rotatable bonds is 3. The maximum absolute atomic E-state index is 9.35. The van der Waals surface area contributed by atoms with E-state index in [0.717, 1.165) is 19.5 Å². The van der Waals surface area contributed by atoms with Gasteiger partial charge in [0.25, 0.3) is 0 Å². The lowest BCUT2D eigenvalue weighted by Crippen LogP contribution is -2.43. The van der Waals surface area contributed by atoms with E-state index in [9.17, 15) is 5.11 Å². The highest BCUT2D eigenvalue weighted by atomic mass is 16.3. The van der Waals surface area contributed by atoms with Gasteiger partial charge in [-0.2, -0.15) is 0 Å². The van der Waals surface area contributed by atoms with Gasteiger partial charge < -0.3 is 10.4 Å². The van der Waals surface area contributed by atoms with Gasteiger partial charge in [0.1, 0.15) is 0 Å². The lowest BCUT2D eigenvalue weighted by atomic mass is 9.75. The van der Waals surface area contributed by atoms with Crippen LogP contribution in [0.1, 0.15) is 33.1 Å². The van der Waals surface area contributed by atoms with E-state index in [-0.39, 0.29) is 5.41 Å². The van der Waals surface area contributed by atoms with Crippen LogP contribution in [-0.2, 0) is 0 Å². The Morgan fingerprint density at radius 1 is 1.50 bits per heavy atom. The second-order valence-electron chi connectivity index (χ2n) is 4.54. The molecular weight excluding hydrogens is 150 g/mol. The molecule has 0 amide bonds. The predicted molar refractivity (Wildman–Crippen MR) is 51.1 cm³/mol. The second-order valence-corrected chi connectivity index (χ2v) is 4.54. The first-order chi connectivity index (χ1) is 5.68. The fourth-order valence-corrected chi connectivity index (χ4v) is 2.27. The van der Waals surface area contributed by atoms with E-state index in [1.54, 1.807) is 0 Å². The van der Waals surface area contributed by atoms with Crippen molar-refractivity contribution in [1.82, 2.24) is 5.32 Å². The monoisotopic (exact) mass is 171 g/mol. The molecule has 0 bridgehead atoms. The van der Waals surface area contributed by atoms with E-state index in [1.807, 2.05) is 0 Å².